The second-order valence-corrected chi connectivity index (χ2v) is 25.3. The number of halogens is 2. The van der Waals surface area contributed by atoms with Crippen molar-refractivity contribution in [1.29, 1.82) is 0 Å². The maximum atomic E-state index is 7.14. The number of unbranched alkanes of at least 4 members (excludes halogenated alkanes) is 28. The van der Waals surface area contributed by atoms with Crippen molar-refractivity contribution < 1.29 is 8.85 Å². The zero-order valence-electron chi connectivity index (χ0n) is 39.8. The predicted molar refractivity (Wildman–Crippen MR) is 274 cm³/mol. The lowest BCUT2D eigenvalue weighted by Gasteiger charge is -2.38. The summed E-state index contributed by atoms with van der Waals surface area (Å²) in [6.45, 7) is 14.3. The van der Waals surface area contributed by atoms with E-state index < -0.39 is 0 Å². The van der Waals surface area contributed by atoms with Gasteiger partial charge in [0.2, 0.25) is 19.5 Å². The zero-order chi connectivity index (χ0) is 43.3. The first-order chi connectivity index (χ1) is 29.1. The van der Waals surface area contributed by atoms with Crippen LogP contribution in [-0.4, -0.2) is 19.5 Å². The summed E-state index contributed by atoms with van der Waals surface area (Å²) in [5.74, 6) is 0. The molecule has 2 nitrogen and oxygen atoms in total. The van der Waals surface area contributed by atoms with Gasteiger partial charge in [-0.3, -0.25) is 0 Å². The minimum Gasteiger partial charge on any atom is -0.407 e. The second-order valence-electron chi connectivity index (χ2n) is 19.9. The van der Waals surface area contributed by atoms with Gasteiger partial charge in [-0.2, -0.15) is 0 Å². The van der Waals surface area contributed by atoms with Crippen LogP contribution in [0.4, 0.5) is 0 Å². The van der Waals surface area contributed by atoms with Gasteiger partial charge < -0.3 is 8.85 Å². The van der Waals surface area contributed by atoms with E-state index >= 15 is 0 Å². The Bertz CT molecular complexity index is 1280. The van der Waals surface area contributed by atoms with Crippen LogP contribution in [0.25, 0.3) is 11.1 Å². The first kappa shape index (κ1) is 54.1. The molecular formula is C54H90Br2O2Si2. The van der Waals surface area contributed by atoms with Crippen molar-refractivity contribution in [2.24, 2.45) is 0 Å². The van der Waals surface area contributed by atoms with Gasteiger partial charge in [0.15, 0.2) is 0 Å². The number of hydrogen-bond acceptors (Lipinski definition) is 2. The van der Waals surface area contributed by atoms with E-state index in [9.17, 15) is 0 Å². The lowest BCUT2D eigenvalue weighted by atomic mass is 9.82. The molecule has 340 valence electrons. The van der Waals surface area contributed by atoms with Gasteiger partial charge in [0.05, 0.1) is 12.2 Å². The Morgan fingerprint density at radius 1 is 0.400 bits per heavy atom. The Labute approximate surface area is 394 Å². The van der Waals surface area contributed by atoms with Gasteiger partial charge >= 0.3 is 0 Å². The average Bonchev–Trinajstić information content (AvgIpc) is 3.22. The molecule has 0 amide bonds. The first-order valence-electron chi connectivity index (χ1n) is 25.5. The topological polar surface area (TPSA) is 18.5 Å². The summed E-state index contributed by atoms with van der Waals surface area (Å²) in [7, 11) is 0.831. The fourth-order valence-electron chi connectivity index (χ4n) is 9.03. The smallest absolute Gasteiger partial charge is 0.237 e. The molecule has 0 aromatic heterocycles. The Hall–Kier alpha value is -0.246. The highest BCUT2D eigenvalue weighted by molar-refractivity contribution is 9.10. The summed E-state index contributed by atoms with van der Waals surface area (Å²) in [4.78, 5) is 0. The van der Waals surface area contributed by atoms with E-state index in [1.165, 1.54) is 228 Å². The van der Waals surface area contributed by atoms with Crippen molar-refractivity contribution in [3.8, 4) is 11.1 Å². The van der Waals surface area contributed by atoms with E-state index in [1.807, 2.05) is 0 Å². The molecule has 2 atom stereocenters. The van der Waals surface area contributed by atoms with Gasteiger partial charge in [-0.25, -0.2) is 0 Å². The second kappa shape index (κ2) is 32.4. The van der Waals surface area contributed by atoms with E-state index in [1.54, 1.807) is 0 Å². The van der Waals surface area contributed by atoms with Crippen LogP contribution in [0.1, 0.15) is 270 Å². The van der Waals surface area contributed by atoms with Crippen molar-refractivity contribution in [2.75, 3.05) is 0 Å². The Morgan fingerprint density at radius 3 is 0.917 bits per heavy atom. The van der Waals surface area contributed by atoms with Gasteiger partial charge in [0.25, 0.3) is 0 Å². The molecule has 2 aromatic rings. The van der Waals surface area contributed by atoms with E-state index in [0.717, 1.165) is 8.95 Å². The minimum atomic E-state index is -0.132. The summed E-state index contributed by atoms with van der Waals surface area (Å²) >= 11 is 7.63. The normalized spacial score (nSPS) is 15.4. The fraction of sp³-hybridized carbons (Fsp3) is 0.778. The summed E-state index contributed by atoms with van der Waals surface area (Å²) in [6.07, 6.45) is 44.4. The maximum absolute atomic E-state index is 7.14. The van der Waals surface area contributed by atoms with Crippen LogP contribution in [0.2, 0.25) is 10.1 Å². The Morgan fingerprint density at radius 2 is 0.650 bits per heavy atom. The third-order valence-corrected chi connectivity index (χ3v) is 16.3. The molecule has 0 heterocycles. The van der Waals surface area contributed by atoms with Crippen LogP contribution < -0.4 is 0 Å². The van der Waals surface area contributed by atoms with Crippen LogP contribution in [0.5, 0.6) is 0 Å². The van der Waals surface area contributed by atoms with Crippen LogP contribution in [0.3, 0.4) is 0 Å². The SMILES string of the molecule is CCCCCCCCCCCCCCCCCC(C)(C)[Si]OC1c2cc(Br)ccc2-c2ccc(Br)cc2C1O[Si]C(C)(C)CCCCCCCCCCCCCCCCC. The molecule has 0 aliphatic heterocycles. The number of fused-ring (bicyclic) bond motifs is 3. The van der Waals surface area contributed by atoms with E-state index in [4.69, 9.17) is 8.85 Å². The van der Waals surface area contributed by atoms with Gasteiger partial charge in [0, 0.05) is 8.95 Å². The monoisotopic (exact) mass is 984 g/mol. The summed E-state index contributed by atoms with van der Waals surface area (Å²) < 4.78 is 16.5. The molecule has 4 radical (unpaired) electrons. The molecule has 2 unspecified atom stereocenters. The van der Waals surface area contributed by atoms with Gasteiger partial charge in [-0.05, 0) is 69.4 Å². The van der Waals surface area contributed by atoms with Gasteiger partial charge in [-0.15, -0.1) is 0 Å². The van der Waals surface area contributed by atoms with Crippen LogP contribution >= 0.6 is 31.9 Å². The van der Waals surface area contributed by atoms with Gasteiger partial charge in [-0.1, -0.05) is 278 Å². The Balaban J connectivity index is 1.42. The fourth-order valence-corrected chi connectivity index (χ4v) is 11.7. The highest BCUT2D eigenvalue weighted by Crippen LogP contribution is 2.51. The van der Waals surface area contributed by atoms with Crippen LogP contribution in [0.15, 0.2) is 45.3 Å². The first-order valence-corrected chi connectivity index (χ1v) is 28.9. The van der Waals surface area contributed by atoms with Crippen molar-refractivity contribution in [1.82, 2.24) is 0 Å². The lowest BCUT2D eigenvalue weighted by molar-refractivity contribution is 0.0494. The molecule has 0 spiro atoms. The molecule has 2 aromatic carbocycles. The maximum Gasteiger partial charge on any atom is 0.237 e. The largest absolute Gasteiger partial charge is 0.407 e. The summed E-state index contributed by atoms with van der Waals surface area (Å²) in [5, 5.41) is 0.278. The van der Waals surface area contributed by atoms with E-state index in [-0.39, 0.29) is 22.3 Å². The quantitative estimate of drug-likeness (QED) is 0.0493. The molecule has 6 heteroatoms. The molecule has 0 fully saturated rings. The van der Waals surface area contributed by atoms with Gasteiger partial charge in [0.1, 0.15) is 0 Å². The average molecular weight is 987 g/mol. The molecule has 0 saturated heterocycles. The van der Waals surface area contributed by atoms with Crippen LogP contribution in [0, 0.1) is 0 Å². The summed E-state index contributed by atoms with van der Waals surface area (Å²) in [6, 6.07) is 13.5. The number of benzene rings is 2. The van der Waals surface area contributed by atoms with Crippen molar-refractivity contribution >= 4 is 51.4 Å². The molecule has 3 rings (SSSR count). The van der Waals surface area contributed by atoms with E-state index in [2.05, 4.69) is 110 Å². The molecule has 0 N–H and O–H groups in total. The van der Waals surface area contributed by atoms with Crippen molar-refractivity contribution in [2.45, 2.75) is 269 Å². The Kier molecular flexibility index (Phi) is 29.2. The standard InChI is InChI=1S/C54H90Br2O2Si2/c1-7-9-11-13-15-17-19-21-23-25-27-29-31-33-35-41-53(3,4)59-57-51-49-43-45(55)37-39-47(49)48-40-38-46(56)44-50(48)52(51)58-60-54(5,6)42-36-34-32-30-28-26-24-22-20-18-16-14-12-10-8-2/h37-40,43-44,51-52H,7-36,41-42H2,1-6H3. The molecule has 0 bridgehead atoms. The highest BCUT2D eigenvalue weighted by atomic mass is 79.9. The predicted octanol–water partition coefficient (Wildman–Crippen LogP) is 20.2. The van der Waals surface area contributed by atoms with Crippen molar-refractivity contribution in [3.63, 3.8) is 0 Å². The zero-order valence-corrected chi connectivity index (χ0v) is 45.0. The minimum absolute atomic E-state index is 0.132. The number of rotatable bonds is 38. The lowest BCUT2D eigenvalue weighted by Crippen LogP contribution is -2.30. The third-order valence-electron chi connectivity index (χ3n) is 12.9. The molecule has 0 saturated carbocycles. The third kappa shape index (κ3) is 23.1. The molecule has 1 aliphatic rings. The number of hydrogen-bond donors (Lipinski definition) is 0. The molecular weight excluding hydrogens is 897 g/mol. The van der Waals surface area contributed by atoms with E-state index in [0.29, 0.717) is 19.5 Å². The van der Waals surface area contributed by atoms with Crippen molar-refractivity contribution in [3.05, 3.63) is 56.5 Å². The molecule has 1 aliphatic carbocycles. The highest BCUT2D eigenvalue weighted by Gasteiger charge is 2.38. The summed E-state index contributed by atoms with van der Waals surface area (Å²) in [5.41, 5.74) is 5.06. The molecule has 60 heavy (non-hydrogen) atoms. The van der Waals surface area contributed by atoms with Crippen LogP contribution in [-0.2, 0) is 8.85 Å².